The van der Waals surface area contributed by atoms with Gasteiger partial charge in [-0.25, -0.2) is 4.98 Å². The first-order valence-electron chi connectivity index (χ1n) is 6.72. The molecule has 0 bridgehead atoms. The number of aliphatic carboxylic acids is 1. The van der Waals surface area contributed by atoms with Gasteiger partial charge in [-0.15, -0.1) is 0 Å². The maximum absolute atomic E-state index is 12.1. The van der Waals surface area contributed by atoms with Crippen LogP contribution in [0.5, 0.6) is 0 Å². The Hall–Kier alpha value is -1.95. The van der Waals surface area contributed by atoms with E-state index in [2.05, 4.69) is 10.3 Å². The van der Waals surface area contributed by atoms with Crippen LogP contribution >= 0.6 is 11.3 Å². The minimum atomic E-state index is -1.08. The summed E-state index contributed by atoms with van der Waals surface area (Å²) in [5, 5.41) is 12.5. The second-order valence-electron chi connectivity index (χ2n) is 5.59. The van der Waals surface area contributed by atoms with Gasteiger partial charge in [0.1, 0.15) is 0 Å². The monoisotopic (exact) mass is 306 g/mol. The van der Waals surface area contributed by atoms with Crippen molar-refractivity contribution in [2.45, 2.75) is 27.2 Å². The normalized spacial score (nSPS) is 14.1. The molecule has 2 N–H and O–H groups in total. The molecule has 0 saturated heterocycles. The van der Waals surface area contributed by atoms with Crippen LogP contribution in [-0.2, 0) is 9.59 Å². The predicted octanol–water partition coefficient (Wildman–Crippen LogP) is 3.37. The number of hydrogen-bond donors (Lipinski definition) is 2. The summed E-state index contributed by atoms with van der Waals surface area (Å²) in [4.78, 5) is 27.8. The second-order valence-corrected chi connectivity index (χ2v) is 6.62. The maximum Gasteiger partial charge on any atom is 0.310 e. The van der Waals surface area contributed by atoms with Crippen molar-refractivity contribution < 1.29 is 14.7 Å². The Labute approximate surface area is 127 Å². The first kappa shape index (κ1) is 15.4. The Kier molecular flexibility index (Phi) is 4.27. The molecule has 0 saturated carbocycles. The number of fused-ring (bicyclic) bond motifs is 1. The average Bonchev–Trinajstić information content (AvgIpc) is 2.79. The Morgan fingerprint density at radius 3 is 2.62 bits per heavy atom. The molecule has 0 fully saturated rings. The summed E-state index contributed by atoms with van der Waals surface area (Å²) in [6, 6.07) is 7.59. The molecule has 21 heavy (non-hydrogen) atoms. The van der Waals surface area contributed by atoms with Crippen LogP contribution in [-0.4, -0.2) is 22.0 Å². The van der Waals surface area contributed by atoms with Crippen molar-refractivity contribution in [3.8, 4) is 0 Å². The lowest BCUT2D eigenvalue weighted by Crippen LogP contribution is -2.37. The third-order valence-corrected chi connectivity index (χ3v) is 4.78. The molecule has 5 nitrogen and oxygen atoms in total. The van der Waals surface area contributed by atoms with Gasteiger partial charge in [-0.3, -0.25) is 9.59 Å². The molecule has 0 aliphatic rings. The van der Waals surface area contributed by atoms with Gasteiger partial charge in [-0.05, 0) is 25.0 Å². The highest BCUT2D eigenvalue weighted by atomic mass is 32.1. The fraction of sp³-hybridized carbons (Fsp3) is 0.400. The fourth-order valence-corrected chi connectivity index (χ4v) is 2.83. The number of thiazole rings is 1. The van der Waals surface area contributed by atoms with E-state index in [0.29, 0.717) is 5.13 Å². The maximum atomic E-state index is 12.1. The number of nitrogens with one attached hydrogen (secondary N) is 1. The second kappa shape index (κ2) is 5.81. The third kappa shape index (κ3) is 3.21. The van der Waals surface area contributed by atoms with Gasteiger partial charge >= 0.3 is 5.97 Å². The number of carboxylic acid groups (broad SMARTS) is 1. The molecule has 1 amide bonds. The molecule has 0 aliphatic heterocycles. The average molecular weight is 306 g/mol. The number of carbonyl (C=O) groups is 2. The molecule has 112 valence electrons. The SMILES string of the molecule is CC(C)C(C)(CC(=O)Nc1nc2ccccc2s1)C(=O)O. The number of benzene rings is 1. The Morgan fingerprint density at radius 2 is 2.05 bits per heavy atom. The molecule has 0 radical (unpaired) electrons. The predicted molar refractivity (Wildman–Crippen MR) is 83.4 cm³/mol. The lowest BCUT2D eigenvalue weighted by molar-refractivity contribution is -0.153. The number of anilines is 1. The highest BCUT2D eigenvalue weighted by Crippen LogP contribution is 2.32. The summed E-state index contributed by atoms with van der Waals surface area (Å²) in [6.07, 6.45) is -0.0735. The zero-order chi connectivity index (χ0) is 15.6. The van der Waals surface area contributed by atoms with Gasteiger partial charge in [-0.1, -0.05) is 37.3 Å². The molecule has 1 atom stereocenters. The third-order valence-electron chi connectivity index (χ3n) is 3.83. The van der Waals surface area contributed by atoms with Crippen LogP contribution in [0.3, 0.4) is 0 Å². The number of nitrogens with zero attached hydrogens (tertiary/aromatic N) is 1. The van der Waals surface area contributed by atoms with Crippen molar-refractivity contribution in [1.29, 1.82) is 0 Å². The van der Waals surface area contributed by atoms with Gasteiger partial charge in [0, 0.05) is 6.42 Å². The van der Waals surface area contributed by atoms with Crippen molar-refractivity contribution >= 4 is 38.6 Å². The van der Waals surface area contributed by atoms with E-state index in [1.54, 1.807) is 20.8 Å². The summed E-state index contributed by atoms with van der Waals surface area (Å²) < 4.78 is 0.984. The van der Waals surface area contributed by atoms with E-state index in [1.165, 1.54) is 11.3 Å². The van der Waals surface area contributed by atoms with Gasteiger partial charge in [-0.2, -0.15) is 0 Å². The van der Waals surface area contributed by atoms with Crippen molar-refractivity contribution in [1.82, 2.24) is 4.98 Å². The number of carbonyl (C=O) groups excluding carboxylic acids is 1. The lowest BCUT2D eigenvalue weighted by Gasteiger charge is -2.28. The zero-order valence-corrected chi connectivity index (χ0v) is 13.0. The van der Waals surface area contributed by atoms with Crippen LogP contribution in [0, 0.1) is 11.3 Å². The van der Waals surface area contributed by atoms with Crippen LogP contribution in [0.25, 0.3) is 10.2 Å². The largest absolute Gasteiger partial charge is 0.481 e. The van der Waals surface area contributed by atoms with E-state index < -0.39 is 11.4 Å². The molecule has 0 aliphatic carbocycles. The van der Waals surface area contributed by atoms with Crippen LogP contribution in [0.15, 0.2) is 24.3 Å². The summed E-state index contributed by atoms with van der Waals surface area (Å²) in [5.41, 5.74) is -0.261. The topological polar surface area (TPSA) is 79.3 Å². The van der Waals surface area contributed by atoms with Crippen LogP contribution in [0.1, 0.15) is 27.2 Å². The Balaban J connectivity index is 2.12. The van der Waals surface area contributed by atoms with Gasteiger partial charge in [0.25, 0.3) is 0 Å². The smallest absolute Gasteiger partial charge is 0.310 e. The zero-order valence-electron chi connectivity index (χ0n) is 12.2. The number of carboxylic acids is 1. The van der Waals surface area contributed by atoms with Crippen molar-refractivity contribution in [3.63, 3.8) is 0 Å². The number of amides is 1. The highest BCUT2D eigenvalue weighted by molar-refractivity contribution is 7.22. The number of para-hydroxylation sites is 1. The molecule has 1 heterocycles. The first-order valence-corrected chi connectivity index (χ1v) is 7.53. The molecule has 6 heteroatoms. The molecule has 1 aromatic carbocycles. The molecule has 1 unspecified atom stereocenters. The van der Waals surface area contributed by atoms with Gasteiger partial charge in [0.15, 0.2) is 5.13 Å². The van der Waals surface area contributed by atoms with E-state index in [4.69, 9.17) is 0 Å². The van der Waals surface area contributed by atoms with Crippen LogP contribution in [0.2, 0.25) is 0 Å². The van der Waals surface area contributed by atoms with Crippen LogP contribution < -0.4 is 5.32 Å². The van der Waals surface area contributed by atoms with E-state index in [1.807, 2.05) is 24.3 Å². The van der Waals surface area contributed by atoms with Gasteiger partial charge in [0.2, 0.25) is 5.91 Å². The van der Waals surface area contributed by atoms with Crippen LogP contribution in [0.4, 0.5) is 5.13 Å². The summed E-state index contributed by atoms with van der Waals surface area (Å²) in [6.45, 7) is 5.20. The molecule has 1 aromatic heterocycles. The number of rotatable bonds is 5. The minimum Gasteiger partial charge on any atom is -0.481 e. The number of aromatic nitrogens is 1. The highest BCUT2D eigenvalue weighted by Gasteiger charge is 2.38. The van der Waals surface area contributed by atoms with Gasteiger partial charge < -0.3 is 10.4 Å². The number of hydrogen-bond acceptors (Lipinski definition) is 4. The van der Waals surface area contributed by atoms with E-state index in [9.17, 15) is 14.7 Å². The molecule has 2 aromatic rings. The van der Waals surface area contributed by atoms with E-state index in [-0.39, 0.29) is 18.2 Å². The van der Waals surface area contributed by atoms with E-state index >= 15 is 0 Å². The summed E-state index contributed by atoms with van der Waals surface area (Å²) >= 11 is 1.38. The summed E-state index contributed by atoms with van der Waals surface area (Å²) in [5.74, 6) is -1.43. The molecular formula is C15H18N2O3S. The Bertz CT molecular complexity index is 647. The fourth-order valence-electron chi connectivity index (χ4n) is 1.95. The van der Waals surface area contributed by atoms with Crippen molar-refractivity contribution in [3.05, 3.63) is 24.3 Å². The summed E-state index contributed by atoms with van der Waals surface area (Å²) in [7, 11) is 0. The quantitative estimate of drug-likeness (QED) is 0.887. The van der Waals surface area contributed by atoms with E-state index in [0.717, 1.165) is 10.2 Å². The molecule has 2 rings (SSSR count). The molecule has 0 spiro atoms. The van der Waals surface area contributed by atoms with Gasteiger partial charge in [0.05, 0.1) is 15.6 Å². The van der Waals surface area contributed by atoms with Crippen molar-refractivity contribution in [2.24, 2.45) is 11.3 Å². The standard InChI is InChI=1S/C15H18N2O3S/c1-9(2)15(3,13(19)20)8-12(18)17-14-16-10-6-4-5-7-11(10)21-14/h4-7,9H,8H2,1-3H3,(H,19,20)(H,16,17,18). The van der Waals surface area contributed by atoms with Crippen molar-refractivity contribution in [2.75, 3.05) is 5.32 Å². The molecular weight excluding hydrogens is 288 g/mol. The minimum absolute atomic E-state index is 0.0735. The Morgan fingerprint density at radius 1 is 1.38 bits per heavy atom. The lowest BCUT2D eigenvalue weighted by atomic mass is 9.76. The first-order chi connectivity index (χ1) is 9.83.